The fourth-order valence-electron chi connectivity index (χ4n) is 3.32. The average molecular weight is 329 g/mol. The van der Waals surface area contributed by atoms with Gasteiger partial charge in [0.2, 0.25) is 0 Å². The van der Waals surface area contributed by atoms with Gasteiger partial charge in [0.1, 0.15) is 18.5 Å². The van der Waals surface area contributed by atoms with E-state index in [9.17, 15) is 5.11 Å². The van der Waals surface area contributed by atoms with Crippen LogP contribution >= 0.6 is 0 Å². The Morgan fingerprint density at radius 2 is 2.12 bits per heavy atom. The highest BCUT2D eigenvalue weighted by Gasteiger charge is 2.25. The third-order valence-corrected chi connectivity index (χ3v) is 4.54. The molecule has 24 heavy (non-hydrogen) atoms. The van der Waals surface area contributed by atoms with Gasteiger partial charge in [-0.1, -0.05) is 24.6 Å². The van der Waals surface area contributed by atoms with E-state index in [1.165, 1.54) is 18.4 Å². The smallest absolute Gasteiger partial charge is 0.119 e. The molecule has 1 aliphatic heterocycles. The molecule has 130 valence electrons. The Kier molecular flexibility index (Phi) is 5.88. The van der Waals surface area contributed by atoms with Gasteiger partial charge in [0.15, 0.2) is 0 Å². The van der Waals surface area contributed by atoms with Crippen LogP contribution in [0.2, 0.25) is 0 Å². The second kappa shape index (κ2) is 8.31. The molecule has 0 aliphatic carbocycles. The number of para-hydroxylation sites is 1. The van der Waals surface area contributed by atoms with Gasteiger partial charge in [-0.2, -0.15) is 5.10 Å². The van der Waals surface area contributed by atoms with E-state index in [2.05, 4.69) is 23.1 Å². The zero-order valence-corrected chi connectivity index (χ0v) is 14.3. The number of hydrogen-bond acceptors (Lipinski definition) is 4. The molecule has 2 heterocycles. The minimum absolute atomic E-state index is 0.327. The molecule has 1 aliphatic rings. The highest BCUT2D eigenvalue weighted by atomic mass is 16.5. The molecule has 1 N–H and O–H groups in total. The van der Waals surface area contributed by atoms with Crippen molar-refractivity contribution in [2.75, 3.05) is 19.7 Å². The molecule has 5 nitrogen and oxygen atoms in total. The van der Waals surface area contributed by atoms with E-state index >= 15 is 0 Å². The third-order valence-electron chi connectivity index (χ3n) is 4.54. The fraction of sp³-hybridized carbons (Fsp3) is 0.526. The van der Waals surface area contributed by atoms with Crippen molar-refractivity contribution < 1.29 is 9.84 Å². The second-order valence-corrected chi connectivity index (χ2v) is 6.66. The second-order valence-electron chi connectivity index (χ2n) is 6.66. The Morgan fingerprint density at radius 1 is 1.29 bits per heavy atom. The van der Waals surface area contributed by atoms with Gasteiger partial charge >= 0.3 is 0 Å². The molecule has 3 rings (SSSR count). The zero-order valence-electron chi connectivity index (χ0n) is 14.3. The van der Waals surface area contributed by atoms with Gasteiger partial charge in [-0.3, -0.25) is 9.58 Å². The highest BCUT2D eigenvalue weighted by Crippen LogP contribution is 2.19. The van der Waals surface area contributed by atoms with Crippen molar-refractivity contribution in [2.24, 2.45) is 0 Å². The van der Waals surface area contributed by atoms with Gasteiger partial charge in [0.25, 0.3) is 0 Å². The summed E-state index contributed by atoms with van der Waals surface area (Å²) < 4.78 is 7.69. The number of likely N-dealkylation sites (tertiary alicyclic amines) is 1. The number of nitrogens with zero attached hydrogens (tertiary/aromatic N) is 3. The molecule has 0 saturated carbocycles. The van der Waals surface area contributed by atoms with Crippen LogP contribution < -0.4 is 4.74 Å². The summed E-state index contributed by atoms with van der Waals surface area (Å²) >= 11 is 0. The number of aryl methyl sites for hydroxylation is 1. The number of ether oxygens (including phenoxy) is 1. The summed E-state index contributed by atoms with van der Waals surface area (Å²) in [4.78, 5) is 2.39. The summed E-state index contributed by atoms with van der Waals surface area (Å²) in [7, 11) is 0. The van der Waals surface area contributed by atoms with Crippen molar-refractivity contribution in [3.63, 3.8) is 0 Å². The van der Waals surface area contributed by atoms with Gasteiger partial charge in [0, 0.05) is 18.8 Å². The van der Waals surface area contributed by atoms with Gasteiger partial charge in [-0.25, -0.2) is 0 Å². The van der Waals surface area contributed by atoms with Crippen molar-refractivity contribution in [2.45, 2.75) is 44.9 Å². The summed E-state index contributed by atoms with van der Waals surface area (Å²) in [5.74, 6) is 0.804. The number of rotatable bonds is 7. The molecule has 2 aromatic rings. The molecule has 2 atom stereocenters. The van der Waals surface area contributed by atoms with E-state index in [1.54, 1.807) is 0 Å². The van der Waals surface area contributed by atoms with Crippen molar-refractivity contribution >= 4 is 0 Å². The zero-order chi connectivity index (χ0) is 16.8. The number of piperidine rings is 1. The summed E-state index contributed by atoms with van der Waals surface area (Å²) in [5, 5.41) is 14.8. The molecule has 0 spiro atoms. The van der Waals surface area contributed by atoms with Gasteiger partial charge in [-0.15, -0.1) is 0 Å². The molecule has 5 heteroatoms. The van der Waals surface area contributed by atoms with Gasteiger partial charge in [-0.05, 0) is 44.0 Å². The molecular weight excluding hydrogens is 302 g/mol. The van der Waals surface area contributed by atoms with E-state index in [0.717, 1.165) is 25.3 Å². The lowest BCUT2D eigenvalue weighted by Crippen LogP contribution is -2.46. The lowest BCUT2D eigenvalue weighted by atomic mass is 10.0. The van der Waals surface area contributed by atoms with Crippen molar-refractivity contribution in [3.8, 4) is 5.75 Å². The predicted molar refractivity (Wildman–Crippen MR) is 94.1 cm³/mol. The van der Waals surface area contributed by atoms with Crippen molar-refractivity contribution in [1.82, 2.24) is 14.7 Å². The normalized spacial score (nSPS) is 20.0. The van der Waals surface area contributed by atoms with Crippen LogP contribution in [0.1, 0.15) is 24.8 Å². The first kappa shape index (κ1) is 17.0. The van der Waals surface area contributed by atoms with Gasteiger partial charge < -0.3 is 9.84 Å². The molecule has 1 fully saturated rings. The minimum Gasteiger partial charge on any atom is -0.491 e. The first-order valence-electron chi connectivity index (χ1n) is 8.80. The number of hydrogen-bond donors (Lipinski definition) is 1. The van der Waals surface area contributed by atoms with E-state index in [4.69, 9.17) is 4.74 Å². The number of aliphatic hydroxyl groups is 1. The highest BCUT2D eigenvalue weighted by molar-refractivity contribution is 5.20. The fourth-order valence-corrected chi connectivity index (χ4v) is 3.32. The number of aliphatic hydroxyl groups excluding tert-OH is 1. The monoisotopic (exact) mass is 329 g/mol. The summed E-state index contributed by atoms with van der Waals surface area (Å²) in [6.45, 7) is 4.96. The topological polar surface area (TPSA) is 50.5 Å². The number of benzene rings is 1. The largest absolute Gasteiger partial charge is 0.491 e. The Morgan fingerprint density at radius 3 is 2.88 bits per heavy atom. The molecular formula is C19H27N3O2. The van der Waals surface area contributed by atoms with Crippen LogP contribution in [-0.2, 0) is 6.54 Å². The van der Waals surface area contributed by atoms with Crippen LogP contribution in [0.25, 0.3) is 0 Å². The molecule has 0 radical (unpaired) electrons. The molecule has 1 saturated heterocycles. The average Bonchev–Trinajstić information content (AvgIpc) is 3.01. The van der Waals surface area contributed by atoms with Crippen LogP contribution in [-0.4, -0.2) is 51.6 Å². The van der Waals surface area contributed by atoms with Crippen molar-refractivity contribution in [3.05, 3.63) is 48.3 Å². The Bertz CT molecular complexity index is 614. The van der Waals surface area contributed by atoms with E-state index in [0.29, 0.717) is 19.2 Å². The maximum Gasteiger partial charge on any atom is 0.119 e. The Hall–Kier alpha value is -1.85. The van der Waals surface area contributed by atoms with Crippen LogP contribution in [0.3, 0.4) is 0 Å². The standard InChI is InChI=1S/C19H27N3O2/c1-16-11-20-22(12-16)13-17-7-5-6-10-21(17)14-18(23)15-24-19-8-3-2-4-9-19/h2-4,8-9,11-12,17-18,23H,5-7,10,13-15H2,1H3/t17-,18+/m0/s1. The molecule has 0 amide bonds. The number of aromatic nitrogens is 2. The van der Waals surface area contributed by atoms with E-state index < -0.39 is 6.10 Å². The summed E-state index contributed by atoms with van der Waals surface area (Å²) in [6, 6.07) is 10.1. The van der Waals surface area contributed by atoms with Gasteiger partial charge in [0.05, 0.1) is 12.7 Å². The molecule has 0 unspecified atom stereocenters. The van der Waals surface area contributed by atoms with E-state index in [1.807, 2.05) is 41.2 Å². The first-order valence-corrected chi connectivity index (χ1v) is 8.80. The minimum atomic E-state index is -0.481. The Balaban J connectivity index is 1.51. The van der Waals surface area contributed by atoms with Crippen LogP contribution in [0.4, 0.5) is 0 Å². The Labute approximate surface area is 143 Å². The predicted octanol–water partition coefficient (Wildman–Crippen LogP) is 2.49. The third kappa shape index (κ3) is 4.82. The maximum atomic E-state index is 10.4. The van der Waals surface area contributed by atoms with Crippen molar-refractivity contribution in [1.29, 1.82) is 0 Å². The van der Waals surface area contributed by atoms with Crippen LogP contribution in [0.5, 0.6) is 5.75 Å². The van der Waals surface area contributed by atoms with Crippen LogP contribution in [0.15, 0.2) is 42.7 Å². The van der Waals surface area contributed by atoms with Crippen LogP contribution in [0, 0.1) is 6.92 Å². The molecule has 1 aromatic heterocycles. The SMILES string of the molecule is Cc1cnn(C[C@@H]2CCCCN2C[C@@H](O)COc2ccccc2)c1. The first-order chi connectivity index (χ1) is 11.7. The summed E-state index contributed by atoms with van der Waals surface area (Å²) in [6.07, 6.45) is 7.10. The lowest BCUT2D eigenvalue weighted by Gasteiger charge is -2.36. The molecule has 0 bridgehead atoms. The summed E-state index contributed by atoms with van der Waals surface area (Å²) in [5.41, 5.74) is 1.19. The maximum absolute atomic E-state index is 10.4. The number of β-amino-alcohol motifs (C(OH)–C–C–N with tert-alkyl or cyclic N) is 1. The van der Waals surface area contributed by atoms with E-state index in [-0.39, 0.29) is 0 Å². The lowest BCUT2D eigenvalue weighted by molar-refractivity contribution is 0.0345. The molecule has 1 aromatic carbocycles. The quantitative estimate of drug-likeness (QED) is 0.848.